The fraction of sp³-hybridized carbons (Fsp3) is 0.385. The van der Waals surface area contributed by atoms with E-state index in [4.69, 9.17) is 5.26 Å². The Morgan fingerprint density at radius 3 is 2.62 bits per heavy atom. The lowest BCUT2D eigenvalue weighted by Crippen LogP contribution is -2.18. The number of hydrogen-bond donors (Lipinski definition) is 1. The second kappa shape index (κ2) is 7.90. The summed E-state index contributed by atoms with van der Waals surface area (Å²) >= 11 is 0. The molecule has 0 radical (unpaired) electrons. The summed E-state index contributed by atoms with van der Waals surface area (Å²) in [6, 6.07) is 8.54. The second-order valence-electron chi connectivity index (χ2n) is 4.43. The van der Waals surface area contributed by atoms with Gasteiger partial charge in [-0.25, -0.2) is 8.42 Å². The molecule has 0 aliphatic heterocycles. The van der Waals surface area contributed by atoms with Gasteiger partial charge in [-0.2, -0.15) is 5.26 Å². The highest BCUT2D eigenvalue weighted by atomic mass is 32.2. The van der Waals surface area contributed by atoms with Crippen LogP contribution in [0.5, 0.6) is 0 Å². The molecule has 1 N–H and O–H groups in total. The predicted molar refractivity (Wildman–Crippen MR) is 82.0 cm³/mol. The first-order valence-corrected chi connectivity index (χ1v) is 9.68. The third-order valence-corrected chi connectivity index (χ3v) is 5.08. The summed E-state index contributed by atoms with van der Waals surface area (Å²) in [5.74, 6) is -0.388. The molecule has 1 aromatic carbocycles. The Balaban J connectivity index is 2.45. The number of anilines is 1. The minimum atomic E-state index is -3.14. The van der Waals surface area contributed by atoms with Crippen molar-refractivity contribution in [3.8, 4) is 6.07 Å². The molecule has 1 atom stereocenters. The van der Waals surface area contributed by atoms with Crippen LogP contribution in [0.25, 0.3) is 0 Å². The van der Waals surface area contributed by atoms with Crippen LogP contribution in [0, 0.1) is 11.3 Å². The van der Waals surface area contributed by atoms with E-state index in [0.717, 1.165) is 6.26 Å². The van der Waals surface area contributed by atoms with Crippen molar-refractivity contribution in [2.24, 2.45) is 0 Å². The van der Waals surface area contributed by atoms with E-state index < -0.39 is 20.6 Å². The first-order chi connectivity index (χ1) is 9.81. The maximum atomic E-state index is 11.7. The molecule has 0 fully saturated rings. The van der Waals surface area contributed by atoms with Crippen LogP contribution in [0.3, 0.4) is 0 Å². The Hall–Kier alpha value is -1.72. The lowest BCUT2D eigenvalue weighted by Gasteiger charge is -2.06. The summed E-state index contributed by atoms with van der Waals surface area (Å²) in [4.78, 5) is 11.7. The highest BCUT2D eigenvalue weighted by Gasteiger charge is 2.10. The standard InChI is InChI=1S/C13H16N2O4S2/c1-21(18,19)9-8-20(17)7-6-13(16)15-12-5-3-2-4-11(12)10-14/h2-5H,6-9H2,1H3,(H,15,16). The molecule has 0 spiro atoms. The van der Waals surface area contributed by atoms with Crippen LogP contribution < -0.4 is 5.32 Å². The number of para-hydroxylation sites is 1. The van der Waals surface area contributed by atoms with Crippen LogP contribution in [-0.4, -0.2) is 42.0 Å². The van der Waals surface area contributed by atoms with Gasteiger partial charge < -0.3 is 5.32 Å². The van der Waals surface area contributed by atoms with Gasteiger partial charge in [0.25, 0.3) is 0 Å². The number of nitrogens with zero attached hydrogens (tertiary/aromatic N) is 1. The smallest absolute Gasteiger partial charge is 0.225 e. The first kappa shape index (κ1) is 17.3. The van der Waals surface area contributed by atoms with E-state index in [1.54, 1.807) is 24.3 Å². The number of nitriles is 1. The van der Waals surface area contributed by atoms with Crippen LogP contribution in [0.15, 0.2) is 24.3 Å². The molecule has 1 amide bonds. The highest BCUT2D eigenvalue weighted by Crippen LogP contribution is 2.13. The molecule has 1 aromatic rings. The van der Waals surface area contributed by atoms with E-state index in [-0.39, 0.29) is 29.6 Å². The van der Waals surface area contributed by atoms with Gasteiger partial charge in [0.15, 0.2) is 0 Å². The molecular weight excluding hydrogens is 312 g/mol. The Morgan fingerprint density at radius 2 is 2.00 bits per heavy atom. The van der Waals surface area contributed by atoms with Crippen molar-refractivity contribution in [3.05, 3.63) is 29.8 Å². The van der Waals surface area contributed by atoms with Crippen LogP contribution >= 0.6 is 0 Å². The van der Waals surface area contributed by atoms with Crippen LogP contribution in [0.1, 0.15) is 12.0 Å². The normalized spacial score (nSPS) is 12.4. The molecule has 8 heteroatoms. The fourth-order valence-corrected chi connectivity index (χ4v) is 4.03. The summed E-state index contributed by atoms with van der Waals surface area (Å²) in [5, 5.41) is 11.5. The largest absolute Gasteiger partial charge is 0.325 e. The number of nitrogens with one attached hydrogen (secondary N) is 1. The Labute approximate surface area is 126 Å². The quantitative estimate of drug-likeness (QED) is 0.792. The van der Waals surface area contributed by atoms with Crippen molar-refractivity contribution in [2.45, 2.75) is 6.42 Å². The first-order valence-electron chi connectivity index (χ1n) is 6.13. The van der Waals surface area contributed by atoms with Gasteiger partial charge in [0.1, 0.15) is 15.9 Å². The number of rotatable bonds is 7. The number of benzene rings is 1. The van der Waals surface area contributed by atoms with Crippen LogP contribution in [0.4, 0.5) is 5.69 Å². The van der Waals surface area contributed by atoms with Crippen molar-refractivity contribution in [1.82, 2.24) is 0 Å². The molecule has 0 aliphatic carbocycles. The zero-order valence-corrected chi connectivity index (χ0v) is 13.2. The number of sulfone groups is 1. The average Bonchev–Trinajstić information content (AvgIpc) is 2.42. The molecule has 0 saturated heterocycles. The average molecular weight is 328 g/mol. The molecule has 1 unspecified atom stereocenters. The van der Waals surface area contributed by atoms with Crippen LogP contribution in [0.2, 0.25) is 0 Å². The van der Waals surface area contributed by atoms with Crippen molar-refractivity contribution in [1.29, 1.82) is 5.26 Å². The predicted octanol–water partition coefficient (Wildman–Crippen LogP) is 0.680. The van der Waals surface area contributed by atoms with E-state index in [2.05, 4.69) is 5.32 Å². The van der Waals surface area contributed by atoms with Gasteiger partial charge in [-0.15, -0.1) is 0 Å². The molecule has 0 saturated carbocycles. The topological polar surface area (TPSA) is 104 Å². The highest BCUT2D eigenvalue weighted by molar-refractivity contribution is 7.92. The van der Waals surface area contributed by atoms with Gasteiger partial charge in [-0.1, -0.05) is 12.1 Å². The maximum Gasteiger partial charge on any atom is 0.225 e. The van der Waals surface area contributed by atoms with Gasteiger partial charge in [-0.05, 0) is 12.1 Å². The Morgan fingerprint density at radius 1 is 1.33 bits per heavy atom. The summed E-state index contributed by atoms with van der Waals surface area (Å²) in [7, 11) is -4.50. The fourth-order valence-electron chi connectivity index (χ4n) is 1.46. The van der Waals surface area contributed by atoms with Crippen molar-refractivity contribution >= 4 is 32.2 Å². The zero-order chi connectivity index (χ0) is 15.9. The lowest BCUT2D eigenvalue weighted by molar-refractivity contribution is -0.115. The van der Waals surface area contributed by atoms with Crippen molar-refractivity contribution in [3.63, 3.8) is 0 Å². The third kappa shape index (κ3) is 7.02. The molecule has 6 nitrogen and oxygen atoms in total. The Bertz CT molecular complexity index is 678. The van der Waals surface area contributed by atoms with Gasteiger partial charge in [0.05, 0.1) is 17.0 Å². The van der Waals surface area contributed by atoms with Gasteiger partial charge in [-0.3, -0.25) is 9.00 Å². The van der Waals surface area contributed by atoms with E-state index in [1.165, 1.54) is 0 Å². The van der Waals surface area contributed by atoms with Crippen molar-refractivity contribution in [2.75, 3.05) is 28.8 Å². The molecular formula is C13H16N2O4S2. The van der Waals surface area contributed by atoms with Crippen LogP contribution in [-0.2, 0) is 25.4 Å². The third-order valence-electron chi connectivity index (χ3n) is 2.56. The van der Waals surface area contributed by atoms with E-state index in [0.29, 0.717) is 11.3 Å². The number of hydrogen-bond acceptors (Lipinski definition) is 5. The van der Waals surface area contributed by atoms with Gasteiger partial charge >= 0.3 is 0 Å². The van der Waals surface area contributed by atoms with E-state index >= 15 is 0 Å². The molecule has 0 bridgehead atoms. The Kier molecular flexibility index (Phi) is 6.52. The SMILES string of the molecule is CS(=O)(=O)CCS(=O)CCC(=O)Nc1ccccc1C#N. The van der Waals surface area contributed by atoms with E-state index in [1.807, 2.05) is 6.07 Å². The van der Waals surface area contributed by atoms with Gasteiger partial charge in [0.2, 0.25) is 5.91 Å². The molecule has 21 heavy (non-hydrogen) atoms. The lowest BCUT2D eigenvalue weighted by atomic mass is 10.2. The minimum absolute atomic E-state index is 0.0101. The molecule has 0 aromatic heterocycles. The summed E-state index contributed by atoms with van der Waals surface area (Å²) in [5.41, 5.74) is 0.760. The maximum absolute atomic E-state index is 11.7. The van der Waals surface area contributed by atoms with E-state index in [9.17, 15) is 17.4 Å². The molecule has 0 aliphatic rings. The van der Waals surface area contributed by atoms with Crippen molar-refractivity contribution < 1.29 is 17.4 Å². The molecule has 1 rings (SSSR count). The summed E-state index contributed by atoms with van der Waals surface area (Å²) in [6.45, 7) is 0. The number of carbonyl (C=O) groups is 1. The second-order valence-corrected chi connectivity index (χ2v) is 8.39. The summed E-state index contributed by atoms with van der Waals surface area (Å²) < 4.78 is 33.5. The minimum Gasteiger partial charge on any atom is -0.325 e. The summed E-state index contributed by atoms with van der Waals surface area (Å²) in [6.07, 6.45) is 1.09. The number of carbonyl (C=O) groups excluding carboxylic acids is 1. The molecule has 114 valence electrons. The monoisotopic (exact) mass is 328 g/mol. The van der Waals surface area contributed by atoms with Gasteiger partial charge in [0, 0.05) is 35.0 Å². The number of amides is 1. The zero-order valence-electron chi connectivity index (χ0n) is 11.5. The molecule has 0 heterocycles.